The van der Waals surface area contributed by atoms with Crippen LogP contribution in [0, 0.1) is 6.92 Å². The zero-order valence-electron chi connectivity index (χ0n) is 15.5. The summed E-state index contributed by atoms with van der Waals surface area (Å²) in [7, 11) is 0. The molecular formula is C18H26IN5O2S. The second kappa shape index (κ2) is 12.5. The first-order chi connectivity index (χ1) is 12.6. The van der Waals surface area contributed by atoms with Gasteiger partial charge in [-0.3, -0.25) is 4.79 Å². The molecule has 0 saturated carbocycles. The van der Waals surface area contributed by atoms with Gasteiger partial charge in [-0.05, 0) is 31.5 Å². The second-order valence-electron chi connectivity index (χ2n) is 5.63. The molecule has 0 atom stereocenters. The number of hydrogen-bond acceptors (Lipinski definition) is 5. The maximum Gasteiger partial charge on any atom is 0.255 e. The van der Waals surface area contributed by atoms with E-state index >= 15 is 0 Å². The van der Waals surface area contributed by atoms with E-state index in [0.29, 0.717) is 12.3 Å². The average Bonchev–Trinajstić information content (AvgIpc) is 3.03. The summed E-state index contributed by atoms with van der Waals surface area (Å²) >= 11 is 1.66. The summed E-state index contributed by atoms with van der Waals surface area (Å²) in [5, 5.41) is 9.71. The molecule has 0 fully saturated rings. The number of nitrogens with one attached hydrogen (secondary N) is 2. The minimum Gasteiger partial charge on any atom is -0.484 e. The van der Waals surface area contributed by atoms with Gasteiger partial charge in [0, 0.05) is 24.9 Å². The highest BCUT2D eigenvalue weighted by molar-refractivity contribution is 14.0. The molecule has 7 nitrogen and oxygen atoms in total. The number of benzene rings is 1. The highest BCUT2D eigenvalue weighted by Crippen LogP contribution is 2.14. The van der Waals surface area contributed by atoms with Gasteiger partial charge in [0.05, 0.1) is 17.2 Å². The van der Waals surface area contributed by atoms with Crippen LogP contribution in [-0.2, 0) is 17.8 Å². The van der Waals surface area contributed by atoms with Gasteiger partial charge in [0.15, 0.2) is 12.6 Å². The number of carbonyl (C=O) groups excluding carboxylic acids is 1. The van der Waals surface area contributed by atoms with Crippen molar-refractivity contribution in [2.24, 2.45) is 10.7 Å². The van der Waals surface area contributed by atoms with Crippen molar-refractivity contribution in [1.29, 1.82) is 0 Å². The predicted molar refractivity (Wildman–Crippen MR) is 120 cm³/mol. The third-order valence-corrected chi connectivity index (χ3v) is 4.21. The highest BCUT2D eigenvalue weighted by Gasteiger charge is 2.02. The normalized spacial score (nSPS) is 10.8. The van der Waals surface area contributed by atoms with Crippen molar-refractivity contribution in [3.63, 3.8) is 0 Å². The Balaban J connectivity index is 0.00000364. The molecule has 148 valence electrons. The zero-order valence-corrected chi connectivity index (χ0v) is 18.7. The molecule has 1 amide bonds. The Morgan fingerprint density at radius 2 is 2.19 bits per heavy atom. The van der Waals surface area contributed by atoms with Gasteiger partial charge in [-0.25, -0.2) is 9.98 Å². The molecule has 0 aliphatic carbocycles. The Hall–Kier alpha value is -1.88. The summed E-state index contributed by atoms with van der Waals surface area (Å²) in [5.74, 6) is 0.860. The minimum absolute atomic E-state index is 0. The van der Waals surface area contributed by atoms with E-state index in [1.165, 1.54) is 0 Å². The summed E-state index contributed by atoms with van der Waals surface area (Å²) < 4.78 is 5.32. The SMILES string of the molecule is CCNC(=NCc1cccc(OCC(N)=O)c1)NCCc1csc(C)n1.I. The van der Waals surface area contributed by atoms with E-state index < -0.39 is 5.91 Å². The molecule has 2 aromatic rings. The van der Waals surface area contributed by atoms with Gasteiger partial charge in [-0.15, -0.1) is 35.3 Å². The number of aromatic nitrogens is 1. The first-order valence-electron chi connectivity index (χ1n) is 8.50. The van der Waals surface area contributed by atoms with Crippen LogP contribution in [0.4, 0.5) is 0 Å². The van der Waals surface area contributed by atoms with Crippen molar-refractivity contribution in [2.45, 2.75) is 26.8 Å². The maximum atomic E-state index is 10.8. The zero-order chi connectivity index (χ0) is 18.8. The van der Waals surface area contributed by atoms with Crippen LogP contribution in [-0.4, -0.2) is 36.5 Å². The molecule has 0 spiro atoms. The second-order valence-corrected chi connectivity index (χ2v) is 6.69. The van der Waals surface area contributed by atoms with E-state index in [4.69, 9.17) is 10.5 Å². The summed E-state index contributed by atoms with van der Waals surface area (Å²) in [4.78, 5) is 19.8. The van der Waals surface area contributed by atoms with Crippen LogP contribution in [0.15, 0.2) is 34.6 Å². The number of nitrogens with zero attached hydrogens (tertiary/aromatic N) is 2. The van der Waals surface area contributed by atoms with E-state index in [1.807, 2.05) is 32.0 Å². The van der Waals surface area contributed by atoms with Crippen LogP contribution in [0.1, 0.15) is 23.2 Å². The number of halogens is 1. The fraction of sp³-hybridized carbons (Fsp3) is 0.389. The number of aryl methyl sites for hydroxylation is 1. The smallest absolute Gasteiger partial charge is 0.255 e. The Morgan fingerprint density at radius 1 is 1.37 bits per heavy atom. The lowest BCUT2D eigenvalue weighted by Gasteiger charge is -2.11. The molecule has 1 heterocycles. The van der Waals surface area contributed by atoms with E-state index in [2.05, 4.69) is 26.0 Å². The number of thiazole rings is 1. The fourth-order valence-corrected chi connectivity index (χ4v) is 2.88. The predicted octanol–water partition coefficient (Wildman–Crippen LogP) is 2.23. The standard InChI is InChI=1S/C18H25N5O2S.HI/c1-3-20-18(21-8-7-15-12-26-13(2)23-15)22-10-14-5-4-6-16(9-14)25-11-17(19)24;/h4-6,9,12H,3,7-8,10-11H2,1-2H3,(H2,19,24)(H2,20,21,22);1H. The molecule has 0 aliphatic heterocycles. The van der Waals surface area contributed by atoms with Gasteiger partial charge in [-0.1, -0.05) is 12.1 Å². The fourth-order valence-electron chi connectivity index (χ4n) is 2.23. The van der Waals surface area contributed by atoms with Crippen LogP contribution in [0.2, 0.25) is 0 Å². The first-order valence-corrected chi connectivity index (χ1v) is 9.38. The number of ether oxygens (including phenoxy) is 1. The number of hydrogen-bond donors (Lipinski definition) is 3. The number of primary amides is 1. The topological polar surface area (TPSA) is 102 Å². The van der Waals surface area contributed by atoms with Gasteiger partial charge in [-0.2, -0.15) is 0 Å². The van der Waals surface area contributed by atoms with Crippen LogP contribution >= 0.6 is 35.3 Å². The molecule has 0 bridgehead atoms. The Labute approximate surface area is 180 Å². The third-order valence-electron chi connectivity index (χ3n) is 3.38. The number of aliphatic imine (C=N–C) groups is 1. The lowest BCUT2D eigenvalue weighted by Crippen LogP contribution is -2.38. The number of rotatable bonds is 9. The first kappa shape index (κ1) is 23.2. The summed E-state index contributed by atoms with van der Waals surface area (Å²) in [6, 6.07) is 7.47. The largest absolute Gasteiger partial charge is 0.484 e. The molecule has 9 heteroatoms. The third kappa shape index (κ3) is 9.05. The average molecular weight is 503 g/mol. The van der Waals surface area contributed by atoms with Crippen LogP contribution in [0.3, 0.4) is 0 Å². The Bertz CT molecular complexity index is 751. The van der Waals surface area contributed by atoms with E-state index in [-0.39, 0.29) is 30.6 Å². The van der Waals surface area contributed by atoms with Crippen molar-refractivity contribution in [2.75, 3.05) is 19.7 Å². The van der Waals surface area contributed by atoms with E-state index in [0.717, 1.165) is 41.7 Å². The van der Waals surface area contributed by atoms with Crippen molar-refractivity contribution in [1.82, 2.24) is 15.6 Å². The summed E-state index contributed by atoms with van der Waals surface area (Å²) in [6.07, 6.45) is 0.852. The van der Waals surface area contributed by atoms with Gasteiger partial charge < -0.3 is 21.1 Å². The lowest BCUT2D eigenvalue weighted by atomic mass is 10.2. The summed E-state index contributed by atoms with van der Waals surface area (Å²) in [6.45, 7) is 5.94. The van der Waals surface area contributed by atoms with Crippen LogP contribution in [0.5, 0.6) is 5.75 Å². The minimum atomic E-state index is -0.498. The van der Waals surface area contributed by atoms with E-state index in [1.54, 1.807) is 17.4 Å². The van der Waals surface area contributed by atoms with E-state index in [9.17, 15) is 4.79 Å². The lowest BCUT2D eigenvalue weighted by molar-refractivity contribution is -0.119. The van der Waals surface area contributed by atoms with Gasteiger partial charge in [0.1, 0.15) is 5.75 Å². The highest BCUT2D eigenvalue weighted by atomic mass is 127. The summed E-state index contributed by atoms with van der Waals surface area (Å²) in [5.41, 5.74) is 7.17. The number of guanidine groups is 1. The number of amides is 1. The molecule has 1 aromatic heterocycles. The van der Waals surface area contributed by atoms with Gasteiger partial charge in [0.2, 0.25) is 0 Å². The monoisotopic (exact) mass is 503 g/mol. The molecular weight excluding hydrogens is 477 g/mol. The van der Waals surface area contributed by atoms with Crippen molar-refractivity contribution >= 4 is 47.2 Å². The van der Waals surface area contributed by atoms with Crippen molar-refractivity contribution < 1.29 is 9.53 Å². The van der Waals surface area contributed by atoms with Crippen LogP contribution < -0.4 is 21.1 Å². The van der Waals surface area contributed by atoms with Crippen molar-refractivity contribution in [3.05, 3.63) is 45.9 Å². The molecule has 1 aromatic carbocycles. The van der Waals surface area contributed by atoms with Gasteiger partial charge >= 0.3 is 0 Å². The molecule has 0 aliphatic rings. The Morgan fingerprint density at radius 3 is 2.85 bits per heavy atom. The van der Waals surface area contributed by atoms with Crippen LogP contribution in [0.25, 0.3) is 0 Å². The molecule has 27 heavy (non-hydrogen) atoms. The number of nitrogens with two attached hydrogens (primary N) is 1. The Kier molecular flexibility index (Phi) is 10.7. The molecule has 0 unspecified atom stereocenters. The van der Waals surface area contributed by atoms with Gasteiger partial charge in [0.25, 0.3) is 5.91 Å². The molecule has 0 saturated heterocycles. The molecule has 4 N–H and O–H groups in total. The molecule has 0 radical (unpaired) electrons. The number of carbonyl (C=O) groups is 1. The molecule has 2 rings (SSSR count). The van der Waals surface area contributed by atoms with Crippen molar-refractivity contribution in [3.8, 4) is 5.75 Å². The quantitative estimate of drug-likeness (QED) is 0.277. The maximum absolute atomic E-state index is 10.8.